The van der Waals surface area contributed by atoms with Crippen molar-refractivity contribution in [3.8, 4) is 5.69 Å². The molecule has 0 unspecified atom stereocenters. The Morgan fingerprint density at radius 3 is 2.24 bits per heavy atom. The van der Waals surface area contributed by atoms with Crippen molar-refractivity contribution in [3.63, 3.8) is 0 Å². The van der Waals surface area contributed by atoms with Gasteiger partial charge >= 0.3 is 0 Å². The van der Waals surface area contributed by atoms with Gasteiger partial charge in [0.2, 0.25) is 0 Å². The molecule has 4 rings (SSSR count). The first kappa shape index (κ1) is 19.4. The summed E-state index contributed by atoms with van der Waals surface area (Å²) in [4.78, 5) is 15.4. The van der Waals surface area contributed by atoms with Crippen LogP contribution in [0.15, 0.2) is 66.9 Å². The molecule has 2 aromatic carbocycles. The van der Waals surface area contributed by atoms with Crippen LogP contribution in [0.25, 0.3) is 5.69 Å². The predicted octanol–water partition coefficient (Wildman–Crippen LogP) is 3.74. The third-order valence-electron chi connectivity index (χ3n) is 5.56. The highest BCUT2D eigenvalue weighted by Crippen LogP contribution is 2.31. The van der Waals surface area contributed by atoms with E-state index in [9.17, 15) is 4.79 Å². The first-order chi connectivity index (χ1) is 13.8. The number of carbonyl (C=O) groups excluding carboxylic acids is 1. The van der Waals surface area contributed by atoms with Crippen LogP contribution in [0.2, 0.25) is 0 Å². The Morgan fingerprint density at radius 1 is 1.00 bits per heavy atom. The van der Waals surface area contributed by atoms with E-state index in [0.29, 0.717) is 18.7 Å². The Bertz CT molecular complexity index is 989. The normalized spacial score (nSPS) is 19.5. The highest BCUT2D eigenvalue weighted by molar-refractivity contribution is 5.96. The Kier molecular flexibility index (Phi) is 5.01. The minimum absolute atomic E-state index is 0.00554. The van der Waals surface area contributed by atoms with E-state index in [1.165, 1.54) is 5.56 Å². The van der Waals surface area contributed by atoms with Gasteiger partial charge < -0.3 is 10.6 Å². The van der Waals surface area contributed by atoms with Gasteiger partial charge in [-0.05, 0) is 17.7 Å². The van der Waals surface area contributed by atoms with Crippen LogP contribution >= 0.6 is 0 Å². The zero-order chi connectivity index (χ0) is 20.6. The molecule has 1 aliphatic rings. The smallest absolute Gasteiger partial charge is 0.257 e. The molecule has 1 fully saturated rings. The molecule has 0 aliphatic carbocycles. The second-order valence-electron chi connectivity index (χ2n) is 8.81. The monoisotopic (exact) mass is 388 g/mol. The van der Waals surface area contributed by atoms with Gasteiger partial charge in [0.15, 0.2) is 0 Å². The fraction of sp³-hybridized carbons (Fsp3) is 0.333. The number of aromatic nitrogens is 2. The third-order valence-corrected chi connectivity index (χ3v) is 5.56. The molecule has 1 saturated heterocycles. The van der Waals surface area contributed by atoms with E-state index in [1.54, 1.807) is 4.68 Å². The van der Waals surface area contributed by atoms with Crippen LogP contribution < -0.4 is 5.73 Å². The fourth-order valence-electron chi connectivity index (χ4n) is 4.02. The lowest BCUT2D eigenvalue weighted by atomic mass is 9.89. The van der Waals surface area contributed by atoms with Gasteiger partial charge in [-0.1, -0.05) is 69.3 Å². The van der Waals surface area contributed by atoms with Crippen molar-refractivity contribution in [3.05, 3.63) is 83.7 Å². The maximum absolute atomic E-state index is 13.5. The molecule has 1 aromatic heterocycles. The van der Waals surface area contributed by atoms with Gasteiger partial charge in [0.05, 0.1) is 16.9 Å². The van der Waals surface area contributed by atoms with Crippen molar-refractivity contribution in [2.45, 2.75) is 38.1 Å². The number of benzene rings is 2. The van der Waals surface area contributed by atoms with Crippen molar-refractivity contribution in [2.75, 3.05) is 13.1 Å². The molecule has 5 nitrogen and oxygen atoms in total. The molecule has 0 spiro atoms. The third kappa shape index (κ3) is 3.83. The van der Waals surface area contributed by atoms with Crippen molar-refractivity contribution < 1.29 is 4.79 Å². The standard InChI is InChI=1S/C24H28N4O/c1-24(2,3)22-20(15-28(26-22)18-12-8-5-9-13-18)23(29)27-14-19(21(25)16-27)17-10-6-4-7-11-17/h4-13,15,19,21H,14,16,25H2,1-3H3/t19-,21+/m0/s1. The van der Waals surface area contributed by atoms with Crippen LogP contribution in [0.4, 0.5) is 0 Å². The zero-order valence-corrected chi connectivity index (χ0v) is 17.2. The minimum Gasteiger partial charge on any atom is -0.336 e. The quantitative estimate of drug-likeness (QED) is 0.743. The van der Waals surface area contributed by atoms with Gasteiger partial charge in [0, 0.05) is 36.7 Å². The summed E-state index contributed by atoms with van der Waals surface area (Å²) in [5.41, 5.74) is 9.77. The maximum Gasteiger partial charge on any atom is 0.257 e. The van der Waals surface area contributed by atoms with Crippen molar-refractivity contribution in [1.29, 1.82) is 0 Å². The minimum atomic E-state index is -0.244. The molecule has 2 heterocycles. The summed E-state index contributed by atoms with van der Waals surface area (Å²) in [7, 11) is 0. The summed E-state index contributed by atoms with van der Waals surface area (Å²) in [5, 5.41) is 4.78. The molecule has 1 amide bonds. The van der Waals surface area contributed by atoms with Gasteiger partial charge in [0.25, 0.3) is 5.91 Å². The number of nitrogens with zero attached hydrogens (tertiary/aromatic N) is 3. The van der Waals surface area contributed by atoms with E-state index in [4.69, 9.17) is 10.8 Å². The Labute approximate surface area is 172 Å². The van der Waals surface area contributed by atoms with Crippen LogP contribution in [0, 0.1) is 0 Å². The maximum atomic E-state index is 13.5. The SMILES string of the molecule is CC(C)(C)c1nn(-c2ccccc2)cc1C(=O)N1C[C@@H](N)[C@H](c2ccccc2)C1. The number of para-hydroxylation sites is 1. The van der Waals surface area contributed by atoms with Crippen molar-refractivity contribution in [2.24, 2.45) is 5.73 Å². The number of likely N-dealkylation sites (tertiary alicyclic amines) is 1. The molecule has 0 bridgehead atoms. The van der Waals surface area contributed by atoms with Crippen LogP contribution in [0.3, 0.4) is 0 Å². The lowest BCUT2D eigenvalue weighted by molar-refractivity contribution is 0.0786. The number of nitrogens with two attached hydrogens (primary N) is 1. The van der Waals surface area contributed by atoms with Crippen LogP contribution in [-0.4, -0.2) is 39.7 Å². The summed E-state index contributed by atoms with van der Waals surface area (Å²) in [5.74, 6) is 0.161. The molecule has 5 heteroatoms. The summed E-state index contributed by atoms with van der Waals surface area (Å²) in [6.45, 7) is 7.44. The second kappa shape index (κ2) is 7.48. The van der Waals surface area contributed by atoms with Gasteiger partial charge in [0.1, 0.15) is 0 Å². The van der Waals surface area contributed by atoms with E-state index in [-0.39, 0.29) is 23.3 Å². The van der Waals surface area contributed by atoms with E-state index < -0.39 is 0 Å². The highest BCUT2D eigenvalue weighted by Gasteiger charge is 2.37. The number of rotatable bonds is 3. The molecule has 2 N–H and O–H groups in total. The molecular formula is C24H28N4O. The lowest BCUT2D eigenvalue weighted by Gasteiger charge is -2.20. The number of carbonyl (C=O) groups is 1. The van der Waals surface area contributed by atoms with Crippen molar-refractivity contribution >= 4 is 5.91 Å². The largest absolute Gasteiger partial charge is 0.336 e. The topological polar surface area (TPSA) is 64.2 Å². The van der Waals surface area contributed by atoms with E-state index in [2.05, 4.69) is 32.9 Å². The van der Waals surface area contributed by atoms with Crippen LogP contribution in [-0.2, 0) is 5.41 Å². The van der Waals surface area contributed by atoms with Gasteiger partial charge in [-0.15, -0.1) is 0 Å². The summed E-state index contributed by atoms with van der Waals surface area (Å²) in [6.07, 6.45) is 1.86. The summed E-state index contributed by atoms with van der Waals surface area (Å²) >= 11 is 0. The van der Waals surface area contributed by atoms with Crippen LogP contribution in [0.5, 0.6) is 0 Å². The molecule has 0 radical (unpaired) electrons. The molecule has 3 aromatic rings. The van der Waals surface area contributed by atoms with E-state index in [1.807, 2.05) is 59.6 Å². The van der Waals surface area contributed by atoms with Gasteiger partial charge in [-0.25, -0.2) is 4.68 Å². The highest BCUT2D eigenvalue weighted by atomic mass is 16.2. The Morgan fingerprint density at radius 2 is 1.62 bits per heavy atom. The summed E-state index contributed by atoms with van der Waals surface area (Å²) in [6, 6.07) is 20.1. The molecule has 2 atom stereocenters. The average Bonchev–Trinajstić information content (AvgIpc) is 3.33. The Balaban J connectivity index is 1.66. The zero-order valence-electron chi connectivity index (χ0n) is 17.2. The second-order valence-corrected chi connectivity index (χ2v) is 8.81. The molecule has 0 saturated carbocycles. The molecule has 150 valence electrons. The van der Waals surface area contributed by atoms with E-state index >= 15 is 0 Å². The number of hydrogen-bond donors (Lipinski definition) is 1. The lowest BCUT2D eigenvalue weighted by Crippen LogP contribution is -2.33. The Hall–Kier alpha value is -2.92. The first-order valence-corrected chi connectivity index (χ1v) is 10.1. The van der Waals surface area contributed by atoms with E-state index in [0.717, 1.165) is 11.4 Å². The summed E-state index contributed by atoms with van der Waals surface area (Å²) < 4.78 is 1.80. The van der Waals surface area contributed by atoms with Crippen LogP contribution in [0.1, 0.15) is 48.3 Å². The molecular weight excluding hydrogens is 360 g/mol. The molecule has 1 aliphatic heterocycles. The van der Waals surface area contributed by atoms with Gasteiger partial charge in [-0.2, -0.15) is 5.10 Å². The number of amides is 1. The fourth-order valence-corrected chi connectivity index (χ4v) is 4.02. The molecule has 29 heavy (non-hydrogen) atoms. The number of hydrogen-bond acceptors (Lipinski definition) is 3. The first-order valence-electron chi connectivity index (χ1n) is 10.1. The predicted molar refractivity (Wildman–Crippen MR) is 115 cm³/mol. The van der Waals surface area contributed by atoms with Crippen molar-refractivity contribution in [1.82, 2.24) is 14.7 Å². The van der Waals surface area contributed by atoms with Gasteiger partial charge in [-0.3, -0.25) is 4.79 Å². The average molecular weight is 389 g/mol.